The second-order valence-electron chi connectivity index (χ2n) is 9.20. The molecule has 3 N–H and O–H groups in total. The van der Waals surface area contributed by atoms with Crippen LogP contribution in [-0.2, 0) is 32.0 Å². The van der Waals surface area contributed by atoms with Crippen LogP contribution in [0.15, 0.2) is 65.9 Å². The Balaban J connectivity index is 1.50. The van der Waals surface area contributed by atoms with Gasteiger partial charge in [-0.1, -0.05) is 42.5 Å². The molecule has 8 nitrogen and oxygen atoms in total. The Labute approximate surface area is 222 Å². The average Bonchev–Trinajstić information content (AvgIpc) is 3.31. The number of hydrogen-bond acceptors (Lipinski definition) is 6. The fourth-order valence-corrected chi connectivity index (χ4v) is 4.87. The van der Waals surface area contributed by atoms with Crippen molar-refractivity contribution in [1.82, 2.24) is 10.3 Å². The molecule has 0 spiro atoms. The second-order valence-corrected chi connectivity index (χ2v) is 9.20. The van der Waals surface area contributed by atoms with Gasteiger partial charge in [0.1, 0.15) is 11.8 Å². The van der Waals surface area contributed by atoms with E-state index in [2.05, 4.69) is 10.3 Å². The molecule has 1 aromatic heterocycles. The number of carbonyl (C=O) groups is 2. The molecule has 38 heavy (non-hydrogen) atoms. The zero-order valence-electron chi connectivity index (χ0n) is 22.0. The number of hydrogen-bond donors (Lipinski definition) is 3. The van der Waals surface area contributed by atoms with Crippen molar-refractivity contribution in [3.8, 4) is 0 Å². The Kier molecular flexibility index (Phi) is 9.12. The van der Waals surface area contributed by atoms with Crippen LogP contribution in [0.1, 0.15) is 40.5 Å². The fraction of sp³-hybridized carbons (Fsp3) is 0.333. The molecular formula is C30H34N2O6. The number of allylic oxidation sites excluding steroid dienone is 1. The molecule has 0 bridgehead atoms. The number of aliphatic carboxylic acids is 1. The quantitative estimate of drug-likeness (QED) is 0.286. The van der Waals surface area contributed by atoms with Crippen molar-refractivity contribution in [2.45, 2.75) is 38.5 Å². The third-order valence-electron chi connectivity index (χ3n) is 6.84. The van der Waals surface area contributed by atoms with E-state index in [1.165, 1.54) is 0 Å². The number of ether oxygens (including phenoxy) is 3. The largest absolute Gasteiger partial charge is 0.496 e. The summed E-state index contributed by atoms with van der Waals surface area (Å²) in [6.07, 6.45) is 3.64. The van der Waals surface area contributed by atoms with Gasteiger partial charge in [0, 0.05) is 54.4 Å². The zero-order valence-corrected chi connectivity index (χ0v) is 22.0. The van der Waals surface area contributed by atoms with Crippen LogP contribution in [0.5, 0.6) is 0 Å². The van der Waals surface area contributed by atoms with Gasteiger partial charge >= 0.3 is 5.97 Å². The van der Waals surface area contributed by atoms with Crippen LogP contribution in [-0.4, -0.2) is 61.9 Å². The predicted molar refractivity (Wildman–Crippen MR) is 146 cm³/mol. The van der Waals surface area contributed by atoms with Crippen molar-refractivity contribution >= 4 is 28.7 Å². The Hall–Kier alpha value is -3.72. The van der Waals surface area contributed by atoms with Gasteiger partial charge in [0.15, 0.2) is 6.29 Å². The lowest BCUT2D eigenvalue weighted by Gasteiger charge is -2.27. The summed E-state index contributed by atoms with van der Waals surface area (Å²) in [5, 5.41) is 13.8. The van der Waals surface area contributed by atoms with Crippen molar-refractivity contribution in [1.29, 1.82) is 0 Å². The molecule has 0 saturated heterocycles. The third kappa shape index (κ3) is 6.05. The van der Waals surface area contributed by atoms with Crippen molar-refractivity contribution in [3.05, 3.63) is 88.3 Å². The molecule has 2 aromatic carbocycles. The van der Waals surface area contributed by atoms with Gasteiger partial charge in [0.25, 0.3) is 0 Å². The number of aromatic nitrogens is 1. The summed E-state index contributed by atoms with van der Waals surface area (Å²) in [6.45, 7) is 3.37. The Morgan fingerprint density at radius 2 is 1.95 bits per heavy atom. The van der Waals surface area contributed by atoms with Crippen LogP contribution in [0.2, 0.25) is 0 Å². The van der Waals surface area contributed by atoms with Gasteiger partial charge in [-0.15, -0.1) is 0 Å². The van der Waals surface area contributed by atoms with E-state index >= 15 is 0 Å². The van der Waals surface area contributed by atoms with Gasteiger partial charge in [-0.05, 0) is 42.2 Å². The maximum atomic E-state index is 12.0. The number of nitrogens with one attached hydrogen (secondary N) is 2. The number of carbonyl (C=O) groups excluding carboxylic acids is 1. The molecule has 0 radical (unpaired) electrons. The highest BCUT2D eigenvalue weighted by molar-refractivity contribution is 5.98. The van der Waals surface area contributed by atoms with Crippen molar-refractivity contribution in [2.24, 2.45) is 0 Å². The molecule has 1 aliphatic carbocycles. The molecule has 1 aliphatic rings. The van der Waals surface area contributed by atoms with E-state index in [9.17, 15) is 14.7 Å². The summed E-state index contributed by atoms with van der Waals surface area (Å²) in [4.78, 5) is 27.0. The highest BCUT2D eigenvalue weighted by atomic mass is 16.5. The van der Waals surface area contributed by atoms with E-state index in [1.54, 1.807) is 14.2 Å². The maximum absolute atomic E-state index is 12.0. The van der Waals surface area contributed by atoms with E-state index in [-0.39, 0.29) is 19.1 Å². The highest BCUT2D eigenvalue weighted by Gasteiger charge is 2.26. The minimum Gasteiger partial charge on any atom is -0.496 e. The standard InChI is InChI=1S/C30H34N2O6/c1-4-38-18-20-14-27(36-2)29(28(15-20)37-3)21-11-9-19(10-12-21)13-25(30(34)35)31-16-26-23(17-33)22-7-5-6-8-24(22)32-26/h5-12,14,17,25,28,31-32H,4,13,15-16,18H2,1-3H3,(H,34,35)/t25-,28?/m0/s1. The SMILES string of the molecule is CCOCC1=CC(OC)=C(c2ccc(C[C@H](NCc3[nH]c4ccccc4c3C=O)C(=O)O)cc2)C(OC)C1. The van der Waals surface area contributed by atoms with Crippen LogP contribution in [0.3, 0.4) is 0 Å². The Bertz CT molecular complexity index is 1340. The third-order valence-corrected chi connectivity index (χ3v) is 6.84. The van der Waals surface area contributed by atoms with Crippen LogP contribution < -0.4 is 5.32 Å². The minimum atomic E-state index is -0.957. The highest BCUT2D eigenvalue weighted by Crippen LogP contribution is 2.34. The molecule has 4 rings (SSSR count). The molecule has 0 aliphatic heterocycles. The van der Waals surface area contributed by atoms with Gasteiger partial charge in [-0.2, -0.15) is 0 Å². The molecule has 200 valence electrons. The number of fused-ring (bicyclic) bond motifs is 1. The summed E-state index contributed by atoms with van der Waals surface area (Å²) < 4.78 is 17.1. The van der Waals surface area contributed by atoms with Crippen LogP contribution in [0, 0.1) is 0 Å². The number of aldehydes is 1. The Morgan fingerprint density at radius 3 is 2.61 bits per heavy atom. The monoisotopic (exact) mass is 518 g/mol. The van der Waals surface area contributed by atoms with Crippen LogP contribution >= 0.6 is 0 Å². The molecule has 1 unspecified atom stereocenters. The number of carboxylic acid groups (broad SMARTS) is 1. The van der Waals surface area contributed by atoms with E-state index in [4.69, 9.17) is 14.2 Å². The topological polar surface area (TPSA) is 110 Å². The summed E-state index contributed by atoms with van der Waals surface area (Å²) >= 11 is 0. The normalized spacial score (nSPS) is 16.4. The molecule has 2 atom stereocenters. The summed E-state index contributed by atoms with van der Waals surface area (Å²) in [7, 11) is 3.32. The van der Waals surface area contributed by atoms with Crippen molar-refractivity contribution in [3.63, 3.8) is 0 Å². The number of benzene rings is 2. The number of para-hydroxylation sites is 1. The van der Waals surface area contributed by atoms with Crippen molar-refractivity contribution < 1.29 is 28.9 Å². The van der Waals surface area contributed by atoms with E-state index in [0.29, 0.717) is 30.9 Å². The molecular weight excluding hydrogens is 484 g/mol. The molecule has 8 heteroatoms. The minimum absolute atomic E-state index is 0.173. The molecule has 1 heterocycles. The summed E-state index contributed by atoms with van der Waals surface area (Å²) in [5.74, 6) is -0.221. The number of rotatable bonds is 13. The fourth-order valence-electron chi connectivity index (χ4n) is 4.87. The van der Waals surface area contributed by atoms with Gasteiger partial charge in [-0.25, -0.2) is 0 Å². The lowest BCUT2D eigenvalue weighted by Crippen LogP contribution is -2.38. The first kappa shape index (κ1) is 27.3. The van der Waals surface area contributed by atoms with Gasteiger partial charge in [0.05, 0.1) is 19.8 Å². The number of methoxy groups -OCH3 is 2. The number of aromatic amines is 1. The average molecular weight is 519 g/mol. The summed E-state index contributed by atoms with van der Waals surface area (Å²) in [5.41, 5.74) is 5.95. The zero-order chi connectivity index (χ0) is 27.1. The number of carboxylic acids is 1. The van der Waals surface area contributed by atoms with Crippen LogP contribution in [0.4, 0.5) is 0 Å². The molecule has 3 aromatic rings. The van der Waals surface area contributed by atoms with E-state index < -0.39 is 12.0 Å². The second kappa shape index (κ2) is 12.7. The van der Waals surface area contributed by atoms with E-state index in [1.807, 2.05) is 61.5 Å². The van der Waals surface area contributed by atoms with Crippen molar-refractivity contribution in [2.75, 3.05) is 27.4 Å². The molecule has 0 saturated carbocycles. The van der Waals surface area contributed by atoms with Gasteiger partial charge in [0.2, 0.25) is 0 Å². The first-order valence-corrected chi connectivity index (χ1v) is 12.7. The van der Waals surface area contributed by atoms with Crippen LogP contribution in [0.25, 0.3) is 16.5 Å². The summed E-state index contributed by atoms with van der Waals surface area (Å²) in [6, 6.07) is 14.5. The smallest absolute Gasteiger partial charge is 0.321 e. The lowest BCUT2D eigenvalue weighted by molar-refractivity contribution is -0.139. The molecule has 0 amide bonds. The predicted octanol–water partition coefficient (Wildman–Crippen LogP) is 4.51. The molecule has 0 fully saturated rings. The lowest BCUT2D eigenvalue weighted by atomic mass is 9.88. The van der Waals surface area contributed by atoms with E-state index in [0.717, 1.165) is 45.2 Å². The maximum Gasteiger partial charge on any atom is 0.321 e. The Morgan fingerprint density at radius 1 is 1.18 bits per heavy atom. The first-order valence-electron chi connectivity index (χ1n) is 12.7. The first-order chi connectivity index (χ1) is 18.5. The van der Waals surface area contributed by atoms with Gasteiger partial charge in [-0.3, -0.25) is 14.9 Å². The van der Waals surface area contributed by atoms with Gasteiger partial charge < -0.3 is 24.3 Å². The number of H-pyrrole nitrogens is 1.